The number of imide groups is 1. The smallest absolute Gasteiger partial charge is 0.252 e. The SMILES string of the molecule is CCN1C(=O)CC(Nc2cc(F)c(C)cc2F)C1=O. The van der Waals surface area contributed by atoms with Gasteiger partial charge in [0.25, 0.3) is 5.91 Å². The summed E-state index contributed by atoms with van der Waals surface area (Å²) in [6.07, 6.45) is -0.0401. The average Bonchev–Trinajstić information content (AvgIpc) is 2.61. The van der Waals surface area contributed by atoms with E-state index in [9.17, 15) is 18.4 Å². The highest BCUT2D eigenvalue weighted by molar-refractivity contribution is 6.06. The molecule has 1 aromatic carbocycles. The molecule has 2 amide bonds. The first-order valence-corrected chi connectivity index (χ1v) is 6.00. The number of rotatable bonds is 3. The summed E-state index contributed by atoms with van der Waals surface area (Å²) in [5.41, 5.74) is 0.0827. The first kappa shape index (κ1) is 13.5. The van der Waals surface area contributed by atoms with Crippen molar-refractivity contribution in [3.05, 3.63) is 29.3 Å². The molecule has 1 N–H and O–H groups in total. The summed E-state index contributed by atoms with van der Waals surface area (Å²) in [6.45, 7) is 3.41. The lowest BCUT2D eigenvalue weighted by molar-refractivity contribution is -0.138. The zero-order valence-electron chi connectivity index (χ0n) is 10.7. The summed E-state index contributed by atoms with van der Waals surface area (Å²) >= 11 is 0. The van der Waals surface area contributed by atoms with Crippen molar-refractivity contribution in [2.24, 2.45) is 0 Å². The van der Waals surface area contributed by atoms with Crippen molar-refractivity contribution in [2.75, 3.05) is 11.9 Å². The maximum atomic E-state index is 13.6. The molecular weight excluding hydrogens is 254 g/mol. The van der Waals surface area contributed by atoms with E-state index in [0.29, 0.717) is 0 Å². The number of nitrogens with zero attached hydrogens (tertiary/aromatic N) is 1. The minimum Gasteiger partial charge on any atom is -0.371 e. The maximum Gasteiger partial charge on any atom is 0.252 e. The van der Waals surface area contributed by atoms with E-state index >= 15 is 0 Å². The minimum atomic E-state index is -0.830. The lowest BCUT2D eigenvalue weighted by atomic mass is 10.1. The van der Waals surface area contributed by atoms with Crippen LogP contribution in [0.3, 0.4) is 0 Å². The Morgan fingerprint density at radius 3 is 2.58 bits per heavy atom. The molecule has 19 heavy (non-hydrogen) atoms. The van der Waals surface area contributed by atoms with Gasteiger partial charge < -0.3 is 5.32 Å². The highest BCUT2D eigenvalue weighted by Gasteiger charge is 2.37. The second kappa shape index (κ2) is 4.95. The lowest BCUT2D eigenvalue weighted by Gasteiger charge is -2.15. The van der Waals surface area contributed by atoms with E-state index in [2.05, 4.69) is 5.32 Å². The molecular formula is C13H14F2N2O2. The van der Waals surface area contributed by atoms with Gasteiger partial charge in [0.1, 0.15) is 17.7 Å². The van der Waals surface area contributed by atoms with Crippen molar-refractivity contribution in [1.29, 1.82) is 0 Å². The molecule has 1 aliphatic rings. The van der Waals surface area contributed by atoms with Gasteiger partial charge in [0, 0.05) is 12.6 Å². The fraction of sp³-hybridized carbons (Fsp3) is 0.385. The molecule has 1 heterocycles. The van der Waals surface area contributed by atoms with Gasteiger partial charge in [-0.3, -0.25) is 14.5 Å². The number of carbonyl (C=O) groups excluding carboxylic acids is 2. The predicted octanol–water partition coefficient (Wildman–Crippen LogP) is 1.83. The van der Waals surface area contributed by atoms with Gasteiger partial charge in [-0.15, -0.1) is 0 Å². The van der Waals surface area contributed by atoms with Gasteiger partial charge in [0.2, 0.25) is 5.91 Å². The number of nitrogens with one attached hydrogen (secondary N) is 1. The Hall–Kier alpha value is -1.98. The lowest BCUT2D eigenvalue weighted by Crippen LogP contribution is -2.34. The van der Waals surface area contributed by atoms with Crippen molar-refractivity contribution in [3.63, 3.8) is 0 Å². The monoisotopic (exact) mass is 268 g/mol. The number of likely N-dealkylation sites (tertiary alicyclic amines) is 1. The van der Waals surface area contributed by atoms with Crippen LogP contribution in [0.1, 0.15) is 18.9 Å². The fourth-order valence-corrected chi connectivity index (χ4v) is 2.07. The van der Waals surface area contributed by atoms with Crippen molar-refractivity contribution in [3.8, 4) is 0 Å². The Morgan fingerprint density at radius 2 is 2.00 bits per heavy atom. The van der Waals surface area contributed by atoms with Crippen LogP contribution in [-0.2, 0) is 9.59 Å². The van der Waals surface area contributed by atoms with Crippen molar-refractivity contribution in [1.82, 2.24) is 4.90 Å². The van der Waals surface area contributed by atoms with Gasteiger partial charge in [0.15, 0.2) is 0 Å². The summed E-state index contributed by atoms with van der Waals surface area (Å²) < 4.78 is 27.0. The Labute approximate surface area is 109 Å². The van der Waals surface area contributed by atoms with Crippen molar-refractivity contribution < 1.29 is 18.4 Å². The molecule has 1 fully saturated rings. The summed E-state index contributed by atoms with van der Waals surface area (Å²) in [4.78, 5) is 24.5. The number of hydrogen-bond donors (Lipinski definition) is 1. The predicted molar refractivity (Wildman–Crippen MR) is 65.5 cm³/mol. The van der Waals surface area contributed by atoms with E-state index in [0.717, 1.165) is 17.0 Å². The molecule has 1 aliphatic heterocycles. The van der Waals surface area contributed by atoms with Crippen LogP contribution in [0.5, 0.6) is 0 Å². The summed E-state index contributed by atoms with van der Waals surface area (Å²) in [6, 6.07) is 1.22. The van der Waals surface area contributed by atoms with E-state index in [1.165, 1.54) is 6.92 Å². The highest BCUT2D eigenvalue weighted by atomic mass is 19.1. The first-order chi connectivity index (χ1) is 8.93. The molecule has 1 unspecified atom stereocenters. The van der Waals surface area contributed by atoms with Crippen LogP contribution in [0.15, 0.2) is 12.1 Å². The third-order valence-electron chi connectivity index (χ3n) is 3.14. The van der Waals surface area contributed by atoms with Gasteiger partial charge in [0.05, 0.1) is 12.1 Å². The number of hydrogen-bond acceptors (Lipinski definition) is 3. The Kier molecular flexibility index (Phi) is 3.50. The summed E-state index contributed by atoms with van der Waals surface area (Å²) in [5.74, 6) is -1.92. The van der Waals surface area contributed by atoms with Crippen LogP contribution in [0.2, 0.25) is 0 Å². The molecule has 4 nitrogen and oxygen atoms in total. The molecule has 1 atom stereocenters. The molecule has 0 radical (unpaired) electrons. The molecule has 0 bridgehead atoms. The number of likely N-dealkylation sites (N-methyl/N-ethyl adjacent to an activating group) is 1. The molecule has 102 valence electrons. The van der Waals surface area contributed by atoms with E-state index in [4.69, 9.17) is 0 Å². The third kappa shape index (κ3) is 2.43. The van der Waals surface area contributed by atoms with Gasteiger partial charge >= 0.3 is 0 Å². The van der Waals surface area contributed by atoms with Crippen LogP contribution in [0, 0.1) is 18.6 Å². The first-order valence-electron chi connectivity index (χ1n) is 6.00. The molecule has 0 aromatic heterocycles. The van der Waals surface area contributed by atoms with Gasteiger partial charge in [-0.05, 0) is 25.5 Å². The number of anilines is 1. The zero-order chi connectivity index (χ0) is 14.2. The minimum absolute atomic E-state index is 0.0401. The number of benzene rings is 1. The Morgan fingerprint density at radius 1 is 1.32 bits per heavy atom. The topological polar surface area (TPSA) is 49.4 Å². The molecule has 0 spiro atoms. The van der Waals surface area contributed by atoms with Gasteiger partial charge in [-0.2, -0.15) is 0 Å². The molecule has 2 rings (SSSR count). The molecule has 0 aliphatic carbocycles. The molecule has 0 saturated carbocycles. The van der Waals surface area contributed by atoms with Crippen molar-refractivity contribution in [2.45, 2.75) is 26.3 Å². The van der Waals surface area contributed by atoms with Crippen LogP contribution in [-0.4, -0.2) is 29.3 Å². The maximum absolute atomic E-state index is 13.6. The van der Waals surface area contributed by atoms with E-state index in [1.54, 1.807) is 6.92 Å². The van der Waals surface area contributed by atoms with Gasteiger partial charge in [-0.1, -0.05) is 0 Å². The number of amides is 2. The second-order valence-corrected chi connectivity index (χ2v) is 4.46. The molecule has 1 aromatic rings. The van der Waals surface area contributed by atoms with Gasteiger partial charge in [-0.25, -0.2) is 8.78 Å². The van der Waals surface area contributed by atoms with Crippen LogP contribution >= 0.6 is 0 Å². The normalized spacial score (nSPS) is 19.2. The quantitative estimate of drug-likeness (QED) is 0.851. The molecule has 6 heteroatoms. The Balaban J connectivity index is 2.21. The standard InChI is InChI=1S/C13H14F2N2O2/c1-3-17-12(18)6-11(13(17)19)16-10-5-8(14)7(2)4-9(10)15/h4-5,11,16H,3,6H2,1-2H3. The number of carbonyl (C=O) groups is 2. The number of halogens is 2. The third-order valence-corrected chi connectivity index (χ3v) is 3.14. The van der Waals surface area contributed by atoms with Crippen LogP contribution in [0.4, 0.5) is 14.5 Å². The van der Waals surface area contributed by atoms with E-state index in [1.807, 2.05) is 0 Å². The summed E-state index contributed by atoms with van der Waals surface area (Å²) in [5, 5.41) is 2.59. The number of aryl methyl sites for hydroxylation is 1. The highest BCUT2D eigenvalue weighted by Crippen LogP contribution is 2.23. The second-order valence-electron chi connectivity index (χ2n) is 4.46. The van der Waals surface area contributed by atoms with Crippen molar-refractivity contribution >= 4 is 17.5 Å². The summed E-state index contributed by atoms with van der Waals surface area (Å²) in [7, 11) is 0. The Bertz CT molecular complexity index is 546. The zero-order valence-corrected chi connectivity index (χ0v) is 10.7. The van der Waals surface area contributed by atoms with E-state index in [-0.39, 0.29) is 30.1 Å². The largest absolute Gasteiger partial charge is 0.371 e. The van der Waals surface area contributed by atoms with Crippen LogP contribution in [0.25, 0.3) is 0 Å². The van der Waals surface area contributed by atoms with E-state index < -0.39 is 23.6 Å². The molecule has 1 saturated heterocycles. The van der Waals surface area contributed by atoms with Crippen LogP contribution < -0.4 is 5.32 Å². The fourth-order valence-electron chi connectivity index (χ4n) is 2.07. The average molecular weight is 268 g/mol.